The molecule has 0 radical (unpaired) electrons. The quantitative estimate of drug-likeness (QED) is 0.289. The number of amides is 1. The van der Waals surface area contributed by atoms with E-state index in [-0.39, 0.29) is 46.0 Å². The van der Waals surface area contributed by atoms with E-state index in [9.17, 15) is 23.5 Å². The van der Waals surface area contributed by atoms with E-state index in [0.717, 1.165) is 69.4 Å². The Hall–Kier alpha value is -2.61. The third-order valence-corrected chi connectivity index (χ3v) is 15.3. The summed E-state index contributed by atoms with van der Waals surface area (Å²) >= 11 is 0. The third kappa shape index (κ3) is 6.52. The van der Waals surface area contributed by atoms with Gasteiger partial charge in [-0.2, -0.15) is 0 Å². The van der Waals surface area contributed by atoms with Crippen molar-refractivity contribution in [3.8, 4) is 0 Å². The van der Waals surface area contributed by atoms with Crippen molar-refractivity contribution in [2.75, 3.05) is 26.2 Å². The lowest BCUT2D eigenvalue weighted by molar-refractivity contribution is -0.181. The van der Waals surface area contributed by atoms with E-state index in [1.807, 2.05) is 6.92 Å². The van der Waals surface area contributed by atoms with Crippen LogP contribution in [0.5, 0.6) is 0 Å². The van der Waals surface area contributed by atoms with Gasteiger partial charge < -0.3 is 15.3 Å². The van der Waals surface area contributed by atoms with Crippen LogP contribution in [-0.4, -0.2) is 54.0 Å². The Balaban J connectivity index is 0.00000144. The van der Waals surface area contributed by atoms with Gasteiger partial charge in [0.05, 0.1) is 11.0 Å². The predicted octanol–water partition coefficient (Wildman–Crippen LogP) is 10.0. The van der Waals surface area contributed by atoms with Gasteiger partial charge in [0.25, 0.3) is 5.92 Å². The van der Waals surface area contributed by atoms with Crippen molar-refractivity contribution in [3.05, 3.63) is 53.9 Å². The first-order valence-corrected chi connectivity index (χ1v) is 19.7. The summed E-state index contributed by atoms with van der Waals surface area (Å²) in [5.41, 5.74) is 1.26. The summed E-state index contributed by atoms with van der Waals surface area (Å²) in [5, 5.41) is 12.7. The molecule has 1 heterocycles. The molecule has 8 heteroatoms. The Kier molecular flexibility index (Phi) is 10.5. The summed E-state index contributed by atoms with van der Waals surface area (Å²) in [6.07, 6.45) is 14.5. The summed E-state index contributed by atoms with van der Waals surface area (Å²) in [6, 6.07) is 4.34. The predicted molar refractivity (Wildman–Crippen MR) is 197 cm³/mol. The first-order chi connectivity index (χ1) is 24.0. The lowest BCUT2D eigenvalue weighted by Gasteiger charge is -2.68. The van der Waals surface area contributed by atoms with Crippen LogP contribution in [0.4, 0.5) is 13.2 Å². The van der Waals surface area contributed by atoms with Crippen molar-refractivity contribution < 1.29 is 27.9 Å². The zero-order valence-corrected chi connectivity index (χ0v) is 31.6. The SMILES string of the molecule is C=CC.CC1(C)C(c2ccc(C(=O)O)cc2F)=CCC2(C)C1CCC1(C)C3CCC4(C(=O)NCCN5CCC(F)(F)CC5)CCCC4C3CCC12. The summed E-state index contributed by atoms with van der Waals surface area (Å²) in [7, 11) is 0. The molecular weight excluding hydrogens is 649 g/mol. The van der Waals surface area contributed by atoms with Gasteiger partial charge in [-0.3, -0.25) is 4.79 Å². The maximum absolute atomic E-state index is 15.4. The van der Waals surface area contributed by atoms with Crippen molar-refractivity contribution in [1.82, 2.24) is 10.2 Å². The second-order valence-electron chi connectivity index (χ2n) is 18.1. The highest BCUT2D eigenvalue weighted by Gasteiger charge is 2.66. The van der Waals surface area contributed by atoms with E-state index in [4.69, 9.17) is 0 Å². The number of fused-ring (bicyclic) bond motifs is 7. The van der Waals surface area contributed by atoms with Gasteiger partial charge in [-0.1, -0.05) is 52.3 Å². The van der Waals surface area contributed by atoms with Gasteiger partial charge in [0.1, 0.15) is 5.82 Å². The van der Waals surface area contributed by atoms with Crippen LogP contribution in [0.2, 0.25) is 0 Å². The molecule has 1 saturated heterocycles. The number of alkyl halides is 2. The van der Waals surface area contributed by atoms with E-state index in [1.54, 1.807) is 12.1 Å². The highest BCUT2D eigenvalue weighted by molar-refractivity contribution is 5.88. The second-order valence-corrected chi connectivity index (χ2v) is 18.1. The number of halogens is 3. The van der Waals surface area contributed by atoms with Crippen LogP contribution < -0.4 is 5.32 Å². The van der Waals surface area contributed by atoms with Crippen molar-refractivity contribution in [2.45, 2.75) is 118 Å². The monoisotopic (exact) mass is 710 g/mol. The van der Waals surface area contributed by atoms with Crippen LogP contribution in [-0.2, 0) is 4.79 Å². The Bertz CT molecular complexity index is 1530. The molecule has 1 aliphatic heterocycles. The minimum Gasteiger partial charge on any atom is -0.478 e. The van der Waals surface area contributed by atoms with E-state index < -0.39 is 17.7 Å². The first-order valence-electron chi connectivity index (χ1n) is 19.7. The molecule has 1 amide bonds. The Morgan fingerprint density at radius 2 is 1.65 bits per heavy atom. The average molecular weight is 711 g/mol. The van der Waals surface area contributed by atoms with E-state index >= 15 is 4.39 Å². The summed E-state index contributed by atoms with van der Waals surface area (Å²) in [6.45, 7) is 16.8. The largest absolute Gasteiger partial charge is 0.478 e. The van der Waals surface area contributed by atoms with Crippen molar-refractivity contribution in [3.63, 3.8) is 0 Å². The lowest BCUT2D eigenvalue weighted by atomic mass is 9.36. The molecule has 5 fully saturated rings. The molecule has 51 heavy (non-hydrogen) atoms. The van der Waals surface area contributed by atoms with Gasteiger partial charge in [0.2, 0.25) is 5.91 Å². The van der Waals surface area contributed by atoms with Gasteiger partial charge in [0, 0.05) is 44.6 Å². The molecule has 8 atom stereocenters. The number of rotatable bonds is 6. The number of carbonyl (C=O) groups excluding carboxylic acids is 1. The van der Waals surface area contributed by atoms with Gasteiger partial charge in [-0.05, 0) is 128 Å². The number of hydrogen-bond donors (Lipinski definition) is 2. The number of nitrogens with zero attached hydrogens (tertiary/aromatic N) is 1. The van der Waals surface area contributed by atoms with Crippen LogP contribution in [0.3, 0.4) is 0 Å². The van der Waals surface area contributed by atoms with Crippen LogP contribution in [0.15, 0.2) is 36.9 Å². The first kappa shape index (κ1) is 38.1. The van der Waals surface area contributed by atoms with Crippen LogP contribution in [0.25, 0.3) is 5.57 Å². The number of benzene rings is 1. The minimum absolute atomic E-state index is 0.0242. The molecule has 0 bridgehead atoms. The maximum Gasteiger partial charge on any atom is 0.335 e. The standard InChI is InChI=1S/C40H55F3N2O3.C3H6/c1-36(2)28(27-8-7-25(34(46)47)24-31(27)41)11-15-38(4)32(36)13-16-37(3)29-12-17-39(14-5-6-30(39)26(29)9-10-33(37)38)35(48)44-20-23-45-21-18-40(42,43)19-22-45;1-3-2/h7-8,11,24,26,29-30,32-33H,5-6,9-10,12-23H2,1-4H3,(H,44,48)(H,46,47);3H,1H2,2H3. The molecule has 0 spiro atoms. The smallest absolute Gasteiger partial charge is 0.335 e. The zero-order chi connectivity index (χ0) is 37.0. The van der Waals surface area contributed by atoms with Gasteiger partial charge in [0.15, 0.2) is 0 Å². The van der Waals surface area contributed by atoms with Gasteiger partial charge in [-0.25, -0.2) is 18.0 Å². The number of allylic oxidation sites excluding steroid dienone is 3. The van der Waals surface area contributed by atoms with Crippen LogP contribution in [0.1, 0.15) is 128 Å². The number of carbonyl (C=O) groups is 2. The molecule has 0 aromatic heterocycles. The second kappa shape index (κ2) is 14.0. The molecule has 4 saturated carbocycles. The number of carboxylic acids is 1. The average Bonchev–Trinajstić information content (AvgIpc) is 3.52. The number of likely N-dealkylation sites (tertiary alicyclic amines) is 1. The molecule has 5 aliphatic carbocycles. The van der Waals surface area contributed by atoms with Crippen molar-refractivity contribution in [2.24, 2.45) is 51.2 Å². The summed E-state index contributed by atoms with van der Waals surface area (Å²) < 4.78 is 42.6. The van der Waals surface area contributed by atoms with E-state index in [2.05, 4.69) is 50.6 Å². The van der Waals surface area contributed by atoms with Crippen molar-refractivity contribution >= 4 is 17.4 Å². The molecule has 6 aliphatic rings. The lowest BCUT2D eigenvalue weighted by Crippen LogP contribution is -2.62. The normalized spacial score (nSPS) is 38.0. The van der Waals surface area contributed by atoms with Crippen LogP contribution >= 0.6 is 0 Å². The van der Waals surface area contributed by atoms with Gasteiger partial charge >= 0.3 is 5.97 Å². The molecular formula is C43H61F3N2O3. The zero-order valence-electron chi connectivity index (χ0n) is 31.6. The van der Waals surface area contributed by atoms with Gasteiger partial charge in [-0.15, -0.1) is 6.58 Å². The van der Waals surface area contributed by atoms with E-state index in [1.165, 1.54) is 12.5 Å². The van der Waals surface area contributed by atoms with Crippen LogP contribution in [0, 0.1) is 57.1 Å². The Morgan fingerprint density at radius 1 is 0.941 bits per heavy atom. The fraction of sp³-hybridized carbons (Fsp3) is 0.721. The molecule has 2 N–H and O–H groups in total. The molecule has 8 unspecified atom stereocenters. The fourth-order valence-electron chi connectivity index (χ4n) is 13.1. The topological polar surface area (TPSA) is 69.6 Å². The molecule has 5 nitrogen and oxygen atoms in total. The molecule has 1 aromatic carbocycles. The molecule has 1 aromatic rings. The Morgan fingerprint density at radius 3 is 2.31 bits per heavy atom. The highest BCUT2D eigenvalue weighted by Crippen LogP contribution is 2.73. The highest BCUT2D eigenvalue weighted by atomic mass is 19.3. The molecule has 7 rings (SSSR count). The number of aromatic carboxylic acids is 1. The van der Waals surface area contributed by atoms with Crippen molar-refractivity contribution in [1.29, 1.82) is 0 Å². The number of piperidine rings is 1. The number of carboxylic acid groups (broad SMARTS) is 1. The molecule has 282 valence electrons. The summed E-state index contributed by atoms with van der Waals surface area (Å²) in [4.78, 5) is 27.5. The minimum atomic E-state index is -2.55. The number of hydrogen-bond acceptors (Lipinski definition) is 3. The van der Waals surface area contributed by atoms with E-state index in [0.29, 0.717) is 61.3 Å². The summed E-state index contributed by atoms with van der Waals surface area (Å²) in [5.74, 6) is -1.39. The fourth-order valence-corrected chi connectivity index (χ4v) is 13.1. The maximum atomic E-state index is 15.4. The third-order valence-electron chi connectivity index (χ3n) is 15.3. The number of nitrogens with one attached hydrogen (secondary N) is 1. The Labute approximate surface area is 303 Å².